The molecule has 1 aliphatic heterocycles. The van der Waals surface area contributed by atoms with E-state index in [9.17, 15) is 0 Å². The lowest BCUT2D eigenvalue weighted by Gasteiger charge is -2.16. The quantitative estimate of drug-likeness (QED) is 0.780. The number of anilines is 2. The van der Waals surface area contributed by atoms with Gasteiger partial charge in [0, 0.05) is 17.8 Å². The van der Waals surface area contributed by atoms with Crippen LogP contribution in [0.25, 0.3) is 16.7 Å². The van der Waals surface area contributed by atoms with Crippen LogP contribution in [0.15, 0.2) is 30.5 Å². The standard InChI is InChI=1S/C18H22N4O2/c1-12-16(10-15(19)11-21-12)14-8-17(13-2-6-24-7-3-13)22-18(9-14)20-4-5-23/h2,8-11,23H,3-7,19H2,1H3,(H,20,22). The van der Waals surface area contributed by atoms with E-state index in [1.54, 1.807) is 6.20 Å². The minimum absolute atomic E-state index is 0.0522. The van der Waals surface area contributed by atoms with Gasteiger partial charge >= 0.3 is 0 Å². The normalized spacial score (nSPS) is 14.3. The van der Waals surface area contributed by atoms with Crippen molar-refractivity contribution in [2.24, 2.45) is 0 Å². The second kappa shape index (κ2) is 7.42. The Morgan fingerprint density at radius 2 is 2.21 bits per heavy atom. The third-order valence-corrected chi connectivity index (χ3v) is 3.95. The van der Waals surface area contributed by atoms with Crippen molar-refractivity contribution < 1.29 is 9.84 Å². The number of nitrogens with zero attached hydrogens (tertiary/aromatic N) is 2. The molecule has 1 aliphatic rings. The fourth-order valence-corrected chi connectivity index (χ4v) is 2.73. The maximum absolute atomic E-state index is 9.07. The Balaban J connectivity index is 2.07. The van der Waals surface area contributed by atoms with E-state index in [0.29, 0.717) is 25.4 Å². The van der Waals surface area contributed by atoms with Gasteiger partial charge < -0.3 is 20.9 Å². The van der Waals surface area contributed by atoms with Gasteiger partial charge in [-0.2, -0.15) is 0 Å². The SMILES string of the molecule is Cc1ncc(N)cc1-c1cc(NCCO)nc(C2=CCOCC2)c1. The van der Waals surface area contributed by atoms with Crippen LogP contribution in [0.1, 0.15) is 17.8 Å². The zero-order valence-electron chi connectivity index (χ0n) is 13.7. The number of nitrogen functional groups attached to an aromatic ring is 1. The van der Waals surface area contributed by atoms with Gasteiger partial charge in [0.2, 0.25) is 0 Å². The molecule has 0 saturated carbocycles. The number of ether oxygens (including phenoxy) is 1. The second-order valence-corrected chi connectivity index (χ2v) is 5.73. The summed E-state index contributed by atoms with van der Waals surface area (Å²) in [5.41, 5.74) is 11.5. The number of aliphatic hydroxyl groups is 1. The molecule has 0 saturated heterocycles. The molecule has 0 bridgehead atoms. The van der Waals surface area contributed by atoms with Crippen LogP contribution in [0.4, 0.5) is 11.5 Å². The molecule has 0 aromatic carbocycles. The first-order valence-electron chi connectivity index (χ1n) is 8.04. The van der Waals surface area contributed by atoms with Gasteiger partial charge in [-0.05, 0) is 42.7 Å². The van der Waals surface area contributed by atoms with Gasteiger partial charge in [0.15, 0.2) is 0 Å². The lowest BCUT2D eigenvalue weighted by atomic mass is 10.00. The molecule has 24 heavy (non-hydrogen) atoms. The van der Waals surface area contributed by atoms with Crippen LogP contribution in [0.3, 0.4) is 0 Å². The molecule has 0 atom stereocenters. The summed E-state index contributed by atoms with van der Waals surface area (Å²) in [5, 5.41) is 12.2. The first-order valence-corrected chi connectivity index (χ1v) is 8.04. The van der Waals surface area contributed by atoms with Crippen LogP contribution >= 0.6 is 0 Å². The Labute approximate surface area is 141 Å². The van der Waals surface area contributed by atoms with Crippen molar-refractivity contribution in [2.75, 3.05) is 37.4 Å². The summed E-state index contributed by atoms with van der Waals surface area (Å²) in [5.74, 6) is 0.728. The lowest BCUT2D eigenvalue weighted by Crippen LogP contribution is -2.10. The molecule has 3 rings (SSSR count). The average Bonchev–Trinajstić information content (AvgIpc) is 2.62. The highest BCUT2D eigenvalue weighted by Gasteiger charge is 2.13. The number of aliphatic hydroxyl groups excluding tert-OH is 1. The fraction of sp³-hybridized carbons (Fsp3) is 0.333. The Morgan fingerprint density at radius 1 is 1.33 bits per heavy atom. The Hall–Kier alpha value is -2.44. The van der Waals surface area contributed by atoms with Crippen LogP contribution < -0.4 is 11.1 Å². The van der Waals surface area contributed by atoms with Gasteiger partial charge in [0.05, 0.1) is 37.4 Å². The zero-order chi connectivity index (χ0) is 16.9. The lowest BCUT2D eigenvalue weighted by molar-refractivity contribution is 0.161. The molecule has 0 unspecified atom stereocenters. The first-order chi connectivity index (χ1) is 11.7. The number of nitrogens with two attached hydrogens (primary N) is 1. The summed E-state index contributed by atoms with van der Waals surface area (Å²) in [6, 6.07) is 5.95. The molecule has 0 radical (unpaired) electrons. The summed E-state index contributed by atoms with van der Waals surface area (Å²) in [7, 11) is 0. The maximum Gasteiger partial charge on any atom is 0.127 e. The highest BCUT2D eigenvalue weighted by atomic mass is 16.5. The number of pyridine rings is 2. The predicted molar refractivity (Wildman–Crippen MR) is 95.6 cm³/mol. The molecule has 0 aliphatic carbocycles. The highest BCUT2D eigenvalue weighted by Crippen LogP contribution is 2.30. The Kier molecular flexibility index (Phi) is 5.08. The molecule has 2 aromatic rings. The van der Waals surface area contributed by atoms with Gasteiger partial charge in [0.25, 0.3) is 0 Å². The summed E-state index contributed by atoms with van der Waals surface area (Å²) < 4.78 is 5.39. The average molecular weight is 326 g/mol. The molecule has 2 aromatic heterocycles. The molecule has 0 spiro atoms. The third-order valence-electron chi connectivity index (χ3n) is 3.95. The summed E-state index contributed by atoms with van der Waals surface area (Å²) >= 11 is 0. The highest BCUT2D eigenvalue weighted by molar-refractivity contribution is 5.76. The minimum Gasteiger partial charge on any atom is -0.397 e. The van der Waals surface area contributed by atoms with Gasteiger partial charge in [-0.15, -0.1) is 0 Å². The number of rotatable bonds is 5. The van der Waals surface area contributed by atoms with E-state index in [2.05, 4.69) is 27.4 Å². The number of hydrogen-bond acceptors (Lipinski definition) is 6. The van der Waals surface area contributed by atoms with Crippen LogP contribution in [0, 0.1) is 6.92 Å². The Bertz CT molecular complexity index is 759. The monoisotopic (exact) mass is 326 g/mol. The molecule has 0 amide bonds. The van der Waals surface area contributed by atoms with Crippen molar-refractivity contribution in [3.63, 3.8) is 0 Å². The number of nitrogens with one attached hydrogen (secondary N) is 1. The molecule has 6 heteroatoms. The van der Waals surface area contributed by atoms with E-state index >= 15 is 0 Å². The number of aromatic nitrogens is 2. The van der Waals surface area contributed by atoms with Crippen molar-refractivity contribution in [3.8, 4) is 11.1 Å². The molecule has 6 nitrogen and oxygen atoms in total. The van der Waals surface area contributed by atoms with Crippen LogP contribution in [-0.4, -0.2) is 41.4 Å². The molecule has 0 fully saturated rings. The first kappa shape index (κ1) is 16.4. The predicted octanol–water partition coefficient (Wildman–Crippen LogP) is 2.24. The fourth-order valence-electron chi connectivity index (χ4n) is 2.73. The van der Waals surface area contributed by atoms with E-state index in [0.717, 1.165) is 34.8 Å². The topological polar surface area (TPSA) is 93.3 Å². The molecular formula is C18H22N4O2. The van der Waals surface area contributed by atoms with Crippen LogP contribution in [0.2, 0.25) is 0 Å². The zero-order valence-corrected chi connectivity index (χ0v) is 13.7. The van der Waals surface area contributed by atoms with Crippen molar-refractivity contribution in [1.82, 2.24) is 9.97 Å². The minimum atomic E-state index is 0.0522. The van der Waals surface area contributed by atoms with Crippen LogP contribution in [0.5, 0.6) is 0 Å². The molecule has 4 N–H and O–H groups in total. The van der Waals surface area contributed by atoms with E-state index in [-0.39, 0.29) is 6.61 Å². The van der Waals surface area contributed by atoms with Gasteiger partial charge in [-0.25, -0.2) is 4.98 Å². The van der Waals surface area contributed by atoms with Crippen molar-refractivity contribution >= 4 is 17.1 Å². The van der Waals surface area contributed by atoms with Crippen molar-refractivity contribution in [2.45, 2.75) is 13.3 Å². The van der Waals surface area contributed by atoms with Crippen LogP contribution in [-0.2, 0) is 4.74 Å². The largest absolute Gasteiger partial charge is 0.397 e. The smallest absolute Gasteiger partial charge is 0.127 e. The maximum atomic E-state index is 9.07. The summed E-state index contributed by atoms with van der Waals surface area (Å²) in [6.45, 7) is 3.78. The van der Waals surface area contributed by atoms with Gasteiger partial charge in [-0.3, -0.25) is 4.98 Å². The third kappa shape index (κ3) is 3.72. The molecule has 3 heterocycles. The summed E-state index contributed by atoms with van der Waals surface area (Å²) in [6.07, 6.45) is 4.56. The Morgan fingerprint density at radius 3 is 2.96 bits per heavy atom. The van der Waals surface area contributed by atoms with Gasteiger partial charge in [0.1, 0.15) is 5.82 Å². The molecule has 126 valence electrons. The van der Waals surface area contributed by atoms with Gasteiger partial charge in [-0.1, -0.05) is 6.08 Å². The summed E-state index contributed by atoms with van der Waals surface area (Å²) in [4.78, 5) is 9.02. The molecular weight excluding hydrogens is 304 g/mol. The van der Waals surface area contributed by atoms with Crippen molar-refractivity contribution in [1.29, 1.82) is 0 Å². The van der Waals surface area contributed by atoms with E-state index in [4.69, 9.17) is 15.6 Å². The second-order valence-electron chi connectivity index (χ2n) is 5.73. The van der Waals surface area contributed by atoms with E-state index in [1.165, 1.54) is 5.57 Å². The van der Waals surface area contributed by atoms with E-state index < -0.39 is 0 Å². The number of hydrogen-bond donors (Lipinski definition) is 3. The van der Waals surface area contributed by atoms with Crippen molar-refractivity contribution in [3.05, 3.63) is 41.9 Å². The van der Waals surface area contributed by atoms with E-state index in [1.807, 2.05) is 19.1 Å². The number of aryl methyl sites for hydroxylation is 1.